The summed E-state index contributed by atoms with van der Waals surface area (Å²) in [6.07, 6.45) is 5.15. The molecule has 1 aliphatic rings. The Morgan fingerprint density at radius 2 is 2.05 bits per heavy atom. The number of fused-ring (bicyclic) bond motifs is 1. The number of carbonyl (C=O) groups is 1. The Morgan fingerprint density at radius 3 is 2.84 bits per heavy atom. The topological polar surface area (TPSA) is 62.7 Å². The predicted octanol–water partition coefficient (Wildman–Crippen LogP) is 7.78. The predicted molar refractivity (Wildman–Crippen MR) is 151 cm³/mol. The van der Waals surface area contributed by atoms with E-state index in [-0.39, 0.29) is 12.3 Å². The number of carboxylic acid groups (broad SMARTS) is 1. The SMILES string of the molecule is COc1ccc2nccc(C(F)CC[C@@H]3CCN(CCCc4cccc(Cl)c4Cl)C[C@@H]3CCC(=O)O)c2c1. The van der Waals surface area contributed by atoms with Crippen LogP contribution in [0.4, 0.5) is 4.39 Å². The standard InChI is InChI=1S/C30H35Cl2FN2O3/c1-38-23-9-11-28-25(18-23)24(13-15-34-28)27(33)10-7-20-14-17-35(19-22(20)8-12-29(36)37)16-3-5-21-4-2-6-26(31)30(21)32/h2,4,6,9,11,13,15,18,20,22,27H,3,5,7-8,10,12,14,16-17,19H2,1H3,(H,36,37)/t20-,22+,27?/m1/s1. The van der Waals surface area contributed by atoms with Gasteiger partial charge in [-0.15, -0.1) is 0 Å². The molecular weight excluding hydrogens is 526 g/mol. The molecule has 38 heavy (non-hydrogen) atoms. The molecule has 2 aromatic carbocycles. The highest BCUT2D eigenvalue weighted by atomic mass is 35.5. The van der Waals surface area contributed by atoms with Crippen molar-refractivity contribution in [2.75, 3.05) is 26.7 Å². The molecule has 1 aromatic heterocycles. The summed E-state index contributed by atoms with van der Waals surface area (Å²) >= 11 is 12.5. The first-order chi connectivity index (χ1) is 18.4. The lowest BCUT2D eigenvalue weighted by Gasteiger charge is -2.39. The molecule has 204 valence electrons. The molecule has 1 N–H and O–H groups in total. The van der Waals surface area contributed by atoms with Gasteiger partial charge in [-0.1, -0.05) is 35.3 Å². The lowest BCUT2D eigenvalue weighted by molar-refractivity contribution is -0.137. The van der Waals surface area contributed by atoms with Crippen molar-refractivity contribution in [3.05, 3.63) is 69.8 Å². The van der Waals surface area contributed by atoms with Gasteiger partial charge in [0, 0.05) is 24.5 Å². The van der Waals surface area contributed by atoms with Crippen LogP contribution in [0.3, 0.4) is 0 Å². The smallest absolute Gasteiger partial charge is 0.303 e. The molecular formula is C30H35Cl2FN2O3. The molecule has 1 saturated heterocycles. The molecule has 1 fully saturated rings. The summed E-state index contributed by atoms with van der Waals surface area (Å²) < 4.78 is 20.9. The Balaban J connectivity index is 1.36. The third-order valence-corrected chi connectivity index (χ3v) is 8.63. The number of likely N-dealkylation sites (tertiary alicyclic amines) is 1. The minimum Gasteiger partial charge on any atom is -0.497 e. The molecule has 0 spiro atoms. The quantitative estimate of drug-likeness (QED) is 0.245. The zero-order valence-corrected chi connectivity index (χ0v) is 23.2. The van der Waals surface area contributed by atoms with Gasteiger partial charge in [-0.05, 0) is 105 Å². The van der Waals surface area contributed by atoms with E-state index < -0.39 is 12.1 Å². The third kappa shape index (κ3) is 7.37. The van der Waals surface area contributed by atoms with E-state index in [1.807, 2.05) is 30.3 Å². The minimum atomic E-state index is -1.12. The van der Waals surface area contributed by atoms with Crippen molar-refractivity contribution in [3.8, 4) is 5.75 Å². The zero-order valence-electron chi connectivity index (χ0n) is 21.7. The molecule has 2 heterocycles. The largest absolute Gasteiger partial charge is 0.497 e. The number of methoxy groups -OCH3 is 1. The summed E-state index contributed by atoms with van der Waals surface area (Å²) in [5, 5.41) is 11.3. The van der Waals surface area contributed by atoms with E-state index in [0.29, 0.717) is 40.1 Å². The fraction of sp³-hybridized carbons (Fsp3) is 0.467. The summed E-state index contributed by atoms with van der Waals surface area (Å²) in [4.78, 5) is 18.1. The number of aromatic nitrogens is 1. The van der Waals surface area contributed by atoms with Crippen LogP contribution in [0.25, 0.3) is 10.9 Å². The highest BCUT2D eigenvalue weighted by Gasteiger charge is 2.30. The van der Waals surface area contributed by atoms with Crippen molar-refractivity contribution in [2.24, 2.45) is 11.8 Å². The van der Waals surface area contributed by atoms with E-state index in [9.17, 15) is 9.90 Å². The number of rotatable bonds is 12. The van der Waals surface area contributed by atoms with Crippen LogP contribution in [-0.4, -0.2) is 47.7 Å². The van der Waals surface area contributed by atoms with Gasteiger partial charge < -0.3 is 14.7 Å². The Bertz CT molecular complexity index is 1240. The van der Waals surface area contributed by atoms with Crippen LogP contribution in [0.5, 0.6) is 5.75 Å². The van der Waals surface area contributed by atoms with Gasteiger partial charge in [0.1, 0.15) is 11.9 Å². The second-order valence-electron chi connectivity index (χ2n) is 10.2. The first-order valence-electron chi connectivity index (χ1n) is 13.3. The number of halogens is 3. The fourth-order valence-corrected chi connectivity index (χ4v) is 6.09. The van der Waals surface area contributed by atoms with Crippen molar-refractivity contribution in [3.63, 3.8) is 0 Å². The average Bonchev–Trinajstić information content (AvgIpc) is 2.92. The van der Waals surface area contributed by atoms with Crippen LogP contribution >= 0.6 is 23.2 Å². The van der Waals surface area contributed by atoms with Crippen molar-refractivity contribution in [2.45, 2.75) is 51.1 Å². The molecule has 3 aromatic rings. The van der Waals surface area contributed by atoms with Gasteiger partial charge in [0.15, 0.2) is 0 Å². The summed E-state index contributed by atoms with van der Waals surface area (Å²) in [7, 11) is 1.60. The molecule has 8 heteroatoms. The van der Waals surface area contributed by atoms with Gasteiger partial charge in [-0.2, -0.15) is 0 Å². The first kappa shape index (κ1) is 28.6. The van der Waals surface area contributed by atoms with Crippen molar-refractivity contribution in [1.29, 1.82) is 0 Å². The van der Waals surface area contributed by atoms with E-state index in [0.717, 1.165) is 61.8 Å². The van der Waals surface area contributed by atoms with Crippen molar-refractivity contribution >= 4 is 40.1 Å². The lowest BCUT2D eigenvalue weighted by atomic mass is 9.79. The maximum atomic E-state index is 15.6. The molecule has 1 aliphatic heterocycles. The summed E-state index contributed by atoms with van der Waals surface area (Å²) in [6, 6.07) is 13.0. The van der Waals surface area contributed by atoms with Gasteiger partial charge in [0.2, 0.25) is 0 Å². The first-order valence-corrected chi connectivity index (χ1v) is 14.0. The number of alkyl halides is 1. The van der Waals surface area contributed by atoms with Crippen molar-refractivity contribution in [1.82, 2.24) is 9.88 Å². The molecule has 0 bridgehead atoms. The van der Waals surface area contributed by atoms with E-state index in [1.165, 1.54) is 0 Å². The van der Waals surface area contributed by atoms with Gasteiger partial charge in [0.05, 0.1) is 22.7 Å². The van der Waals surface area contributed by atoms with E-state index in [1.54, 1.807) is 25.4 Å². The van der Waals surface area contributed by atoms with Crippen LogP contribution in [-0.2, 0) is 11.2 Å². The molecule has 4 rings (SSSR count). The second-order valence-corrected chi connectivity index (χ2v) is 11.0. The molecule has 1 unspecified atom stereocenters. The zero-order chi connectivity index (χ0) is 27.1. The number of hydrogen-bond donors (Lipinski definition) is 1. The summed E-state index contributed by atoms with van der Waals surface area (Å²) in [6.45, 7) is 2.69. The Hall–Kier alpha value is -2.41. The van der Waals surface area contributed by atoms with Crippen LogP contribution in [0.2, 0.25) is 10.0 Å². The molecule has 0 radical (unpaired) electrons. The number of pyridine rings is 1. The normalized spacial score (nSPS) is 18.9. The number of benzene rings is 2. The Morgan fingerprint density at radius 1 is 1.21 bits per heavy atom. The fourth-order valence-electron chi connectivity index (χ4n) is 5.67. The van der Waals surface area contributed by atoms with Crippen LogP contribution in [0.1, 0.15) is 55.8 Å². The van der Waals surface area contributed by atoms with Crippen LogP contribution < -0.4 is 4.74 Å². The minimum absolute atomic E-state index is 0.140. The number of aryl methyl sites for hydroxylation is 1. The molecule has 0 saturated carbocycles. The van der Waals surface area contributed by atoms with Crippen LogP contribution in [0, 0.1) is 11.8 Å². The van der Waals surface area contributed by atoms with E-state index >= 15 is 4.39 Å². The summed E-state index contributed by atoms with van der Waals surface area (Å²) in [5.41, 5.74) is 2.43. The van der Waals surface area contributed by atoms with E-state index in [4.69, 9.17) is 27.9 Å². The molecule has 0 amide bonds. The molecule has 5 nitrogen and oxygen atoms in total. The van der Waals surface area contributed by atoms with Crippen LogP contribution in [0.15, 0.2) is 48.7 Å². The van der Waals surface area contributed by atoms with Crippen molar-refractivity contribution < 1.29 is 19.0 Å². The summed E-state index contributed by atoms with van der Waals surface area (Å²) in [5.74, 6) is 0.430. The number of carboxylic acids is 1. The Kier molecular flexibility index (Phi) is 10.2. The number of ether oxygens (including phenoxy) is 1. The Labute approximate surface area is 233 Å². The van der Waals surface area contributed by atoms with Gasteiger partial charge in [-0.3, -0.25) is 9.78 Å². The monoisotopic (exact) mass is 560 g/mol. The maximum Gasteiger partial charge on any atom is 0.303 e. The highest BCUT2D eigenvalue weighted by molar-refractivity contribution is 6.42. The molecule has 0 aliphatic carbocycles. The highest BCUT2D eigenvalue weighted by Crippen LogP contribution is 2.37. The van der Waals surface area contributed by atoms with E-state index in [2.05, 4.69) is 9.88 Å². The number of aliphatic carboxylic acids is 1. The third-order valence-electron chi connectivity index (χ3n) is 7.77. The van der Waals surface area contributed by atoms with Gasteiger partial charge >= 0.3 is 5.97 Å². The van der Waals surface area contributed by atoms with Gasteiger partial charge in [0.25, 0.3) is 0 Å². The second kappa shape index (κ2) is 13.6. The average molecular weight is 562 g/mol. The number of hydrogen-bond acceptors (Lipinski definition) is 4. The molecule has 3 atom stereocenters. The maximum absolute atomic E-state index is 15.6. The lowest BCUT2D eigenvalue weighted by Crippen LogP contribution is -2.41. The number of nitrogens with zero attached hydrogens (tertiary/aromatic N) is 2. The van der Waals surface area contributed by atoms with Gasteiger partial charge in [-0.25, -0.2) is 4.39 Å². The number of piperidine rings is 1.